The van der Waals surface area contributed by atoms with Gasteiger partial charge in [0.2, 0.25) is 0 Å². The summed E-state index contributed by atoms with van der Waals surface area (Å²) in [5.74, 6) is 0.452. The van der Waals surface area contributed by atoms with Gasteiger partial charge in [-0.1, -0.05) is 60.8 Å². The van der Waals surface area contributed by atoms with Crippen molar-refractivity contribution in [3.8, 4) is 0 Å². The Balaban J connectivity index is 0. The van der Waals surface area contributed by atoms with Crippen molar-refractivity contribution in [1.82, 2.24) is 9.78 Å². The quantitative estimate of drug-likeness (QED) is 0.714. The fourth-order valence-corrected chi connectivity index (χ4v) is 1.75. The lowest BCUT2D eigenvalue weighted by molar-refractivity contribution is 0.667. The molecule has 0 aliphatic rings. The zero-order valence-corrected chi connectivity index (χ0v) is 13.5. The van der Waals surface area contributed by atoms with Crippen molar-refractivity contribution in [3.63, 3.8) is 0 Å². The van der Waals surface area contributed by atoms with Crippen molar-refractivity contribution in [2.75, 3.05) is 0 Å². The molecule has 1 heterocycles. The second-order valence-corrected chi connectivity index (χ2v) is 3.91. The van der Waals surface area contributed by atoms with Crippen LogP contribution in [0.3, 0.4) is 0 Å². The van der Waals surface area contributed by atoms with E-state index in [0.717, 1.165) is 16.8 Å². The maximum atomic E-state index is 4.45. The van der Waals surface area contributed by atoms with E-state index in [-0.39, 0.29) is 0 Å². The molecule has 0 saturated heterocycles. The lowest BCUT2D eigenvalue weighted by Crippen LogP contribution is -2.00. The summed E-state index contributed by atoms with van der Waals surface area (Å²) < 4.78 is 1.92. The van der Waals surface area contributed by atoms with E-state index < -0.39 is 0 Å². The molecule has 2 nitrogen and oxygen atoms in total. The summed E-state index contributed by atoms with van der Waals surface area (Å²) in [5.41, 5.74) is 4.29. The highest BCUT2D eigenvalue weighted by atomic mass is 15.3. The third kappa shape index (κ3) is 4.52. The standard InChI is InChI=1S/C12H18N2.2C2H6/c1-7-10-11(8(2)3)13-14(6)12(10)9(4)5;2*1-2/h7,9H,1-2H2,3-6H3;2*1-2H3. The zero-order chi connectivity index (χ0) is 14.9. The van der Waals surface area contributed by atoms with Gasteiger partial charge in [-0.2, -0.15) is 5.10 Å². The van der Waals surface area contributed by atoms with E-state index in [1.807, 2.05) is 52.4 Å². The highest BCUT2D eigenvalue weighted by molar-refractivity contribution is 5.70. The van der Waals surface area contributed by atoms with E-state index in [0.29, 0.717) is 5.92 Å². The molecule has 0 unspecified atom stereocenters. The number of allylic oxidation sites excluding steroid dienone is 1. The van der Waals surface area contributed by atoms with Gasteiger partial charge in [0.05, 0.1) is 5.69 Å². The summed E-state index contributed by atoms with van der Waals surface area (Å²) >= 11 is 0. The van der Waals surface area contributed by atoms with Crippen LogP contribution in [0.2, 0.25) is 0 Å². The first kappa shape index (κ1) is 19.0. The van der Waals surface area contributed by atoms with Gasteiger partial charge in [-0.15, -0.1) is 0 Å². The van der Waals surface area contributed by atoms with Gasteiger partial charge in [-0.3, -0.25) is 4.68 Å². The van der Waals surface area contributed by atoms with E-state index in [9.17, 15) is 0 Å². The van der Waals surface area contributed by atoms with Gasteiger partial charge in [-0.05, 0) is 18.4 Å². The van der Waals surface area contributed by atoms with Gasteiger partial charge in [-0.25, -0.2) is 0 Å². The summed E-state index contributed by atoms with van der Waals surface area (Å²) in [5, 5.41) is 4.45. The number of hydrogen-bond donors (Lipinski definition) is 0. The molecule has 1 aromatic rings. The molecule has 0 spiro atoms. The number of nitrogens with zero attached hydrogens (tertiary/aromatic N) is 2. The molecule has 0 radical (unpaired) electrons. The van der Waals surface area contributed by atoms with Crippen molar-refractivity contribution in [1.29, 1.82) is 0 Å². The van der Waals surface area contributed by atoms with Crippen LogP contribution in [0.1, 0.15) is 71.3 Å². The van der Waals surface area contributed by atoms with E-state index in [1.54, 1.807) is 0 Å². The minimum Gasteiger partial charge on any atom is -0.271 e. The Labute approximate surface area is 113 Å². The third-order valence-corrected chi connectivity index (χ3v) is 2.28. The second kappa shape index (κ2) is 9.69. The Hall–Kier alpha value is -1.31. The van der Waals surface area contributed by atoms with Crippen LogP contribution in [-0.2, 0) is 7.05 Å². The van der Waals surface area contributed by atoms with Crippen LogP contribution in [0.4, 0.5) is 0 Å². The second-order valence-electron chi connectivity index (χ2n) is 3.91. The average molecular weight is 250 g/mol. The molecule has 0 aromatic carbocycles. The Bertz CT molecular complexity index is 371. The molecule has 0 bridgehead atoms. The first-order chi connectivity index (χ1) is 8.49. The Morgan fingerprint density at radius 2 is 1.67 bits per heavy atom. The molecule has 0 amide bonds. The molecular formula is C16H30N2. The molecule has 0 aliphatic heterocycles. The molecule has 0 atom stereocenters. The monoisotopic (exact) mass is 250 g/mol. The van der Waals surface area contributed by atoms with Crippen LogP contribution in [0.25, 0.3) is 11.6 Å². The first-order valence-electron chi connectivity index (χ1n) is 6.84. The van der Waals surface area contributed by atoms with E-state index in [2.05, 4.69) is 32.1 Å². The number of rotatable bonds is 3. The van der Waals surface area contributed by atoms with E-state index in [1.165, 1.54) is 5.69 Å². The van der Waals surface area contributed by atoms with Crippen LogP contribution >= 0.6 is 0 Å². The Morgan fingerprint density at radius 3 is 1.94 bits per heavy atom. The molecule has 1 aromatic heterocycles. The maximum Gasteiger partial charge on any atom is 0.0949 e. The van der Waals surface area contributed by atoms with Crippen LogP contribution in [0.5, 0.6) is 0 Å². The smallest absolute Gasteiger partial charge is 0.0949 e. The Kier molecular flexibility index (Phi) is 10.3. The summed E-state index contributed by atoms with van der Waals surface area (Å²) in [6, 6.07) is 0. The van der Waals surface area contributed by atoms with Crippen molar-refractivity contribution in [3.05, 3.63) is 30.1 Å². The minimum absolute atomic E-state index is 0.452. The van der Waals surface area contributed by atoms with Gasteiger partial charge >= 0.3 is 0 Å². The van der Waals surface area contributed by atoms with Gasteiger partial charge in [0.25, 0.3) is 0 Å². The summed E-state index contributed by atoms with van der Waals surface area (Å²) in [6.45, 7) is 22.0. The maximum absolute atomic E-state index is 4.45. The summed E-state index contributed by atoms with van der Waals surface area (Å²) in [7, 11) is 1.97. The molecule has 0 fully saturated rings. The average Bonchev–Trinajstić information content (AvgIpc) is 2.71. The summed E-state index contributed by atoms with van der Waals surface area (Å²) in [4.78, 5) is 0. The van der Waals surface area contributed by atoms with Crippen LogP contribution in [-0.4, -0.2) is 9.78 Å². The van der Waals surface area contributed by atoms with Crippen molar-refractivity contribution < 1.29 is 0 Å². The lowest BCUT2D eigenvalue weighted by atomic mass is 10.0. The first-order valence-corrected chi connectivity index (χ1v) is 6.84. The highest BCUT2D eigenvalue weighted by Crippen LogP contribution is 2.26. The van der Waals surface area contributed by atoms with Gasteiger partial charge in [0.15, 0.2) is 0 Å². The molecule has 0 N–H and O–H groups in total. The fourth-order valence-electron chi connectivity index (χ4n) is 1.75. The molecule has 104 valence electrons. The van der Waals surface area contributed by atoms with Crippen LogP contribution < -0.4 is 0 Å². The van der Waals surface area contributed by atoms with Crippen molar-refractivity contribution >= 4 is 11.6 Å². The predicted molar refractivity (Wildman–Crippen MR) is 84.8 cm³/mol. The predicted octanol–water partition coefficient (Wildman–Crippen LogP) is 5.27. The largest absolute Gasteiger partial charge is 0.271 e. The number of hydrogen-bond acceptors (Lipinski definition) is 1. The lowest BCUT2D eigenvalue weighted by Gasteiger charge is -2.06. The third-order valence-electron chi connectivity index (χ3n) is 2.28. The topological polar surface area (TPSA) is 17.8 Å². The normalized spacial score (nSPS) is 8.94. The molecule has 1 rings (SSSR count). The van der Waals surface area contributed by atoms with Crippen LogP contribution in [0, 0.1) is 0 Å². The highest BCUT2D eigenvalue weighted by Gasteiger charge is 2.15. The zero-order valence-electron chi connectivity index (χ0n) is 13.5. The van der Waals surface area contributed by atoms with Crippen molar-refractivity contribution in [2.45, 2.75) is 54.4 Å². The summed E-state index contributed by atoms with van der Waals surface area (Å²) in [6.07, 6.45) is 1.87. The van der Waals surface area contributed by atoms with E-state index >= 15 is 0 Å². The minimum atomic E-state index is 0.452. The van der Waals surface area contributed by atoms with E-state index in [4.69, 9.17) is 0 Å². The molecular weight excluding hydrogens is 220 g/mol. The Morgan fingerprint density at radius 1 is 1.22 bits per heavy atom. The van der Waals surface area contributed by atoms with Gasteiger partial charge < -0.3 is 0 Å². The fraction of sp³-hybridized carbons (Fsp3) is 0.562. The number of aromatic nitrogens is 2. The van der Waals surface area contributed by atoms with Gasteiger partial charge in [0.1, 0.15) is 0 Å². The molecule has 18 heavy (non-hydrogen) atoms. The number of aryl methyl sites for hydroxylation is 1. The van der Waals surface area contributed by atoms with Crippen LogP contribution in [0.15, 0.2) is 13.2 Å². The SMILES string of the molecule is C=Cc1c(C(=C)C)nn(C)c1C(C)C.CC.CC. The van der Waals surface area contributed by atoms with Crippen molar-refractivity contribution in [2.24, 2.45) is 7.05 Å². The molecule has 2 heteroatoms. The molecule has 0 saturated carbocycles. The van der Waals surface area contributed by atoms with Gasteiger partial charge in [0, 0.05) is 18.3 Å². The molecule has 0 aliphatic carbocycles.